The first kappa shape index (κ1) is 31.5. The first-order valence-corrected chi connectivity index (χ1v) is 19.0. The predicted molar refractivity (Wildman–Crippen MR) is 230 cm³/mol. The molecule has 0 unspecified atom stereocenters. The van der Waals surface area contributed by atoms with E-state index in [-0.39, 0.29) is 0 Å². The van der Waals surface area contributed by atoms with Crippen molar-refractivity contribution in [1.82, 2.24) is 19.5 Å². The second-order valence-corrected chi connectivity index (χ2v) is 14.4. The summed E-state index contributed by atoms with van der Waals surface area (Å²) in [7, 11) is 0. The standard InChI is InChI=1S/C51H30N4O2/c1-3-13-31(14-4-1)40-29-34(30-45-46(40)38-18-8-11-21-42(38)57-45)51-53-49(32-15-5-2-6-16-32)52-50(54-51)33-23-25-35(26-24-33)55-41-20-10-7-17-36(41)37-27-28-44-47(48(37)55)39-19-9-12-22-43(39)56-44/h1-30H. The van der Waals surface area contributed by atoms with Crippen molar-refractivity contribution < 1.29 is 8.83 Å². The molecule has 0 radical (unpaired) electrons. The van der Waals surface area contributed by atoms with E-state index >= 15 is 0 Å². The molecule has 8 aromatic carbocycles. The van der Waals surface area contributed by atoms with Gasteiger partial charge in [0.1, 0.15) is 22.3 Å². The first-order valence-electron chi connectivity index (χ1n) is 19.0. The van der Waals surface area contributed by atoms with E-state index in [4.69, 9.17) is 23.8 Å². The highest BCUT2D eigenvalue weighted by molar-refractivity contribution is 6.24. The highest BCUT2D eigenvalue weighted by Crippen LogP contribution is 2.42. The third-order valence-electron chi connectivity index (χ3n) is 11.0. The molecule has 12 rings (SSSR count). The number of rotatable bonds is 5. The van der Waals surface area contributed by atoms with Crippen molar-refractivity contribution in [2.45, 2.75) is 0 Å². The van der Waals surface area contributed by atoms with Gasteiger partial charge in [-0.2, -0.15) is 0 Å². The van der Waals surface area contributed by atoms with Crippen molar-refractivity contribution in [1.29, 1.82) is 0 Å². The van der Waals surface area contributed by atoms with Gasteiger partial charge in [0.05, 0.1) is 16.4 Å². The number of benzene rings is 8. The maximum atomic E-state index is 6.48. The van der Waals surface area contributed by atoms with Gasteiger partial charge in [-0.15, -0.1) is 0 Å². The highest BCUT2D eigenvalue weighted by Gasteiger charge is 2.21. The number of para-hydroxylation sites is 3. The summed E-state index contributed by atoms with van der Waals surface area (Å²) < 4.78 is 15.2. The smallest absolute Gasteiger partial charge is 0.164 e. The van der Waals surface area contributed by atoms with Crippen LogP contribution in [0, 0.1) is 0 Å². The van der Waals surface area contributed by atoms with E-state index in [2.05, 4.69) is 126 Å². The molecule has 0 aliphatic heterocycles. The Hall–Kier alpha value is -7.83. The average Bonchev–Trinajstić information content (AvgIpc) is 3.96. The normalized spacial score (nSPS) is 11.9. The summed E-state index contributed by atoms with van der Waals surface area (Å²) >= 11 is 0. The predicted octanol–water partition coefficient (Wildman–Crippen LogP) is 13.4. The van der Waals surface area contributed by atoms with Crippen LogP contribution in [0.15, 0.2) is 191 Å². The molecule has 0 aliphatic rings. The number of fused-ring (bicyclic) bond motifs is 10. The molecule has 0 fully saturated rings. The van der Waals surface area contributed by atoms with E-state index in [1.165, 1.54) is 10.8 Å². The SMILES string of the molecule is c1ccc(-c2nc(-c3ccc(-n4c5ccccc5c5ccc6oc7ccccc7c6c54)cc3)nc(-c3cc(-c4ccccc4)c4c(c3)oc3ccccc34)n2)cc1. The van der Waals surface area contributed by atoms with Crippen molar-refractivity contribution in [3.63, 3.8) is 0 Å². The van der Waals surface area contributed by atoms with E-state index in [0.717, 1.165) is 88.4 Å². The van der Waals surface area contributed by atoms with Gasteiger partial charge in [0.25, 0.3) is 0 Å². The van der Waals surface area contributed by atoms with Gasteiger partial charge in [0.2, 0.25) is 0 Å². The second kappa shape index (κ2) is 12.3. The van der Waals surface area contributed by atoms with Gasteiger partial charge in [0, 0.05) is 49.3 Å². The molecule has 266 valence electrons. The highest BCUT2D eigenvalue weighted by atomic mass is 16.3. The summed E-state index contributed by atoms with van der Waals surface area (Å²) in [5.41, 5.74) is 11.4. The van der Waals surface area contributed by atoms with Crippen molar-refractivity contribution in [2.24, 2.45) is 0 Å². The molecule has 0 atom stereocenters. The lowest BCUT2D eigenvalue weighted by Crippen LogP contribution is -2.01. The van der Waals surface area contributed by atoms with Crippen molar-refractivity contribution >= 4 is 65.7 Å². The summed E-state index contributed by atoms with van der Waals surface area (Å²) in [6.45, 7) is 0. The molecule has 0 saturated heterocycles. The average molecular weight is 731 g/mol. The van der Waals surface area contributed by atoms with Gasteiger partial charge in [-0.3, -0.25) is 0 Å². The van der Waals surface area contributed by atoms with Crippen LogP contribution >= 0.6 is 0 Å². The summed E-state index contributed by atoms with van der Waals surface area (Å²) in [6.07, 6.45) is 0. The van der Waals surface area contributed by atoms with Gasteiger partial charge in [0.15, 0.2) is 17.5 Å². The van der Waals surface area contributed by atoms with Gasteiger partial charge < -0.3 is 13.4 Å². The number of aromatic nitrogens is 4. The number of hydrogen-bond donors (Lipinski definition) is 0. The minimum Gasteiger partial charge on any atom is -0.456 e. The molecule has 0 bridgehead atoms. The van der Waals surface area contributed by atoms with Crippen LogP contribution in [0.2, 0.25) is 0 Å². The monoisotopic (exact) mass is 730 g/mol. The molecule has 0 spiro atoms. The third-order valence-corrected chi connectivity index (χ3v) is 11.0. The molecule has 0 saturated carbocycles. The first-order chi connectivity index (χ1) is 28.2. The van der Waals surface area contributed by atoms with E-state index in [1.807, 2.05) is 60.7 Å². The maximum Gasteiger partial charge on any atom is 0.164 e. The molecule has 0 N–H and O–H groups in total. The van der Waals surface area contributed by atoms with Gasteiger partial charge in [-0.1, -0.05) is 115 Å². The zero-order valence-electron chi connectivity index (χ0n) is 30.4. The van der Waals surface area contributed by atoms with Crippen LogP contribution in [0.1, 0.15) is 0 Å². The van der Waals surface area contributed by atoms with Crippen LogP contribution in [-0.4, -0.2) is 19.5 Å². The molecule has 4 heterocycles. The molecule has 6 nitrogen and oxygen atoms in total. The number of furan rings is 2. The van der Waals surface area contributed by atoms with Crippen LogP contribution in [0.25, 0.3) is 117 Å². The van der Waals surface area contributed by atoms with E-state index in [1.54, 1.807) is 0 Å². The molecular formula is C51H30N4O2. The van der Waals surface area contributed by atoms with Crippen molar-refractivity contribution in [3.8, 4) is 51.0 Å². The lowest BCUT2D eigenvalue weighted by atomic mass is 9.97. The van der Waals surface area contributed by atoms with Gasteiger partial charge in [-0.25, -0.2) is 15.0 Å². The lowest BCUT2D eigenvalue weighted by molar-refractivity contribution is 0.668. The van der Waals surface area contributed by atoms with Crippen molar-refractivity contribution in [2.75, 3.05) is 0 Å². The fourth-order valence-electron chi connectivity index (χ4n) is 8.47. The molecule has 4 aromatic heterocycles. The molecule has 0 amide bonds. The Morgan fingerprint density at radius 3 is 1.60 bits per heavy atom. The Balaban J connectivity index is 1.05. The molecule has 0 aliphatic carbocycles. The van der Waals surface area contributed by atoms with E-state index < -0.39 is 0 Å². The van der Waals surface area contributed by atoms with Gasteiger partial charge in [-0.05, 0) is 77.9 Å². The zero-order chi connectivity index (χ0) is 37.5. The summed E-state index contributed by atoms with van der Waals surface area (Å²) in [5.74, 6) is 1.75. The molecule has 6 heteroatoms. The fourth-order valence-corrected chi connectivity index (χ4v) is 8.47. The van der Waals surface area contributed by atoms with E-state index in [9.17, 15) is 0 Å². The fraction of sp³-hybridized carbons (Fsp3) is 0. The van der Waals surface area contributed by atoms with Crippen LogP contribution in [0.3, 0.4) is 0 Å². The molecular weight excluding hydrogens is 701 g/mol. The zero-order valence-corrected chi connectivity index (χ0v) is 30.4. The van der Waals surface area contributed by atoms with Crippen LogP contribution in [-0.2, 0) is 0 Å². The minimum atomic E-state index is 0.569. The van der Waals surface area contributed by atoms with Crippen molar-refractivity contribution in [3.05, 3.63) is 182 Å². The summed E-state index contributed by atoms with van der Waals surface area (Å²) in [6, 6.07) is 62.6. The van der Waals surface area contributed by atoms with Gasteiger partial charge >= 0.3 is 0 Å². The minimum absolute atomic E-state index is 0.569. The quantitative estimate of drug-likeness (QED) is 0.176. The second-order valence-electron chi connectivity index (χ2n) is 14.4. The van der Waals surface area contributed by atoms with Crippen LogP contribution in [0.4, 0.5) is 0 Å². The Labute approximate surface area is 325 Å². The third kappa shape index (κ3) is 4.94. The summed E-state index contributed by atoms with van der Waals surface area (Å²) in [5, 5.41) is 6.72. The number of hydrogen-bond acceptors (Lipinski definition) is 5. The Bertz CT molecular complexity index is 3510. The number of nitrogens with zero attached hydrogens (tertiary/aromatic N) is 4. The topological polar surface area (TPSA) is 69.9 Å². The molecule has 57 heavy (non-hydrogen) atoms. The molecule has 12 aromatic rings. The Morgan fingerprint density at radius 1 is 0.351 bits per heavy atom. The Kier molecular flexibility index (Phi) is 6.83. The largest absolute Gasteiger partial charge is 0.456 e. The lowest BCUT2D eigenvalue weighted by Gasteiger charge is -2.12. The van der Waals surface area contributed by atoms with Crippen LogP contribution < -0.4 is 0 Å². The van der Waals surface area contributed by atoms with Crippen LogP contribution in [0.5, 0.6) is 0 Å². The Morgan fingerprint density at radius 2 is 0.895 bits per heavy atom. The maximum absolute atomic E-state index is 6.48. The summed E-state index contributed by atoms with van der Waals surface area (Å²) in [4.78, 5) is 15.3. The van der Waals surface area contributed by atoms with E-state index in [0.29, 0.717) is 17.5 Å².